The minimum absolute atomic E-state index is 0.0156. The quantitative estimate of drug-likeness (QED) is 0.813. The van der Waals surface area contributed by atoms with Crippen molar-refractivity contribution in [2.45, 2.75) is 19.4 Å². The van der Waals surface area contributed by atoms with Crippen molar-refractivity contribution in [2.75, 3.05) is 13.2 Å². The summed E-state index contributed by atoms with van der Waals surface area (Å²) in [6.07, 6.45) is -0.651. The Bertz CT molecular complexity index is 616. The number of hydrogen-bond donors (Lipinski definition) is 2. The average Bonchev–Trinajstić information content (AvgIpc) is 2.89. The van der Waals surface area contributed by atoms with Gasteiger partial charge in [-0.2, -0.15) is 0 Å². The average molecular weight is 324 g/mol. The molecule has 2 N–H and O–H groups in total. The van der Waals surface area contributed by atoms with Gasteiger partial charge in [-0.3, -0.25) is 4.79 Å². The van der Waals surface area contributed by atoms with Gasteiger partial charge in [0.2, 0.25) is 5.91 Å². The van der Waals surface area contributed by atoms with Gasteiger partial charge >= 0.3 is 0 Å². The second-order valence-electron chi connectivity index (χ2n) is 4.76. The first-order valence-electron chi connectivity index (χ1n) is 6.77. The Balaban J connectivity index is 1.67. The smallest absolute Gasteiger partial charge is 0.226 e. The molecule has 0 aliphatic carbocycles. The van der Waals surface area contributed by atoms with Crippen molar-refractivity contribution in [3.8, 4) is 5.75 Å². The summed E-state index contributed by atoms with van der Waals surface area (Å²) < 4.78 is 18.0. The van der Waals surface area contributed by atoms with E-state index in [2.05, 4.69) is 10.3 Å². The summed E-state index contributed by atoms with van der Waals surface area (Å²) in [5.74, 6) is -0.0895. The lowest BCUT2D eigenvalue weighted by molar-refractivity contribution is -0.121. The number of carbonyl (C=O) groups excluding carboxylic acids is 1. The van der Waals surface area contributed by atoms with Gasteiger partial charge in [0.1, 0.15) is 24.3 Å². The van der Waals surface area contributed by atoms with Crippen LogP contribution in [-0.2, 0) is 11.2 Å². The second-order valence-corrected chi connectivity index (χ2v) is 5.82. The van der Waals surface area contributed by atoms with Crippen LogP contribution < -0.4 is 10.1 Å². The first kappa shape index (κ1) is 16.4. The lowest BCUT2D eigenvalue weighted by Crippen LogP contribution is -2.36. The molecule has 2 aromatic rings. The van der Waals surface area contributed by atoms with Crippen molar-refractivity contribution in [3.05, 3.63) is 46.2 Å². The molecule has 0 spiro atoms. The standard InChI is InChI=1S/C15H17FN2O3S/c1-10-18-12(9-22-10)6-15(20)17-7-13(19)8-21-14-4-2-11(16)3-5-14/h2-5,9,13,19H,6-8H2,1H3,(H,17,20)/t13-/m1/s1. The van der Waals surface area contributed by atoms with Gasteiger partial charge in [0.05, 0.1) is 17.1 Å². The number of aromatic nitrogens is 1. The molecule has 1 heterocycles. The minimum atomic E-state index is -0.842. The number of nitrogens with one attached hydrogen (secondary N) is 1. The SMILES string of the molecule is Cc1nc(CC(=O)NC[C@@H](O)COc2ccc(F)cc2)cs1. The van der Waals surface area contributed by atoms with Gasteiger partial charge in [-0.25, -0.2) is 9.37 Å². The van der Waals surface area contributed by atoms with Gasteiger partial charge in [0.25, 0.3) is 0 Å². The van der Waals surface area contributed by atoms with E-state index in [9.17, 15) is 14.3 Å². The van der Waals surface area contributed by atoms with Crippen LogP contribution in [0.5, 0.6) is 5.75 Å². The van der Waals surface area contributed by atoms with Crippen molar-refractivity contribution < 1.29 is 19.0 Å². The Morgan fingerprint density at radius 1 is 1.45 bits per heavy atom. The third-order valence-electron chi connectivity index (χ3n) is 2.80. The van der Waals surface area contributed by atoms with Gasteiger partial charge in [0.15, 0.2) is 0 Å². The highest BCUT2D eigenvalue weighted by Gasteiger charge is 2.10. The number of benzene rings is 1. The molecular formula is C15H17FN2O3S. The predicted octanol–water partition coefficient (Wildman–Crippen LogP) is 1.69. The summed E-state index contributed by atoms with van der Waals surface area (Å²) in [6.45, 7) is 1.98. The summed E-state index contributed by atoms with van der Waals surface area (Å²) in [7, 11) is 0. The zero-order chi connectivity index (χ0) is 15.9. The maximum atomic E-state index is 12.7. The van der Waals surface area contributed by atoms with Crippen LogP contribution in [0.4, 0.5) is 4.39 Å². The number of aliphatic hydroxyl groups excluding tert-OH is 1. The zero-order valence-corrected chi connectivity index (χ0v) is 12.9. The molecule has 22 heavy (non-hydrogen) atoms. The Kier molecular flexibility index (Phi) is 5.85. The second kappa shape index (κ2) is 7.86. The summed E-state index contributed by atoms with van der Waals surface area (Å²) in [4.78, 5) is 15.9. The van der Waals surface area contributed by atoms with Crippen molar-refractivity contribution >= 4 is 17.2 Å². The fraction of sp³-hybridized carbons (Fsp3) is 0.333. The predicted molar refractivity (Wildman–Crippen MR) is 81.5 cm³/mol. The summed E-state index contributed by atoms with van der Waals surface area (Å²) >= 11 is 1.49. The highest BCUT2D eigenvalue weighted by molar-refractivity contribution is 7.09. The first-order valence-corrected chi connectivity index (χ1v) is 7.65. The topological polar surface area (TPSA) is 71.5 Å². The number of carbonyl (C=O) groups is 1. The van der Waals surface area contributed by atoms with E-state index < -0.39 is 6.10 Å². The molecule has 0 bridgehead atoms. The van der Waals surface area contributed by atoms with E-state index in [0.717, 1.165) is 10.7 Å². The summed E-state index contributed by atoms with van der Waals surface area (Å²) in [6, 6.07) is 5.51. The van der Waals surface area contributed by atoms with Gasteiger partial charge in [-0.05, 0) is 31.2 Å². The Hall–Kier alpha value is -1.99. The molecule has 1 aromatic heterocycles. The molecule has 0 aliphatic heterocycles. The van der Waals surface area contributed by atoms with Gasteiger partial charge in [-0.15, -0.1) is 11.3 Å². The van der Waals surface area contributed by atoms with Crippen LogP contribution in [0.15, 0.2) is 29.6 Å². The molecule has 5 nitrogen and oxygen atoms in total. The summed E-state index contributed by atoms with van der Waals surface area (Å²) in [5, 5.41) is 15.1. The molecule has 0 unspecified atom stereocenters. The zero-order valence-electron chi connectivity index (χ0n) is 12.1. The van der Waals surface area contributed by atoms with Crippen LogP contribution in [-0.4, -0.2) is 35.3 Å². The van der Waals surface area contributed by atoms with E-state index in [1.54, 1.807) is 0 Å². The minimum Gasteiger partial charge on any atom is -0.491 e. The third-order valence-corrected chi connectivity index (χ3v) is 3.62. The number of nitrogens with zero attached hydrogens (tertiary/aromatic N) is 1. The van der Waals surface area contributed by atoms with Gasteiger partial charge in [-0.1, -0.05) is 0 Å². The molecule has 118 valence electrons. The highest BCUT2D eigenvalue weighted by Crippen LogP contribution is 2.11. The van der Waals surface area contributed by atoms with Crippen LogP contribution in [0, 0.1) is 12.7 Å². The van der Waals surface area contributed by atoms with Crippen molar-refractivity contribution in [3.63, 3.8) is 0 Å². The number of halogens is 1. The van der Waals surface area contributed by atoms with Crippen LogP contribution in [0.3, 0.4) is 0 Å². The lowest BCUT2D eigenvalue weighted by atomic mass is 10.3. The number of aliphatic hydroxyl groups is 1. The summed E-state index contributed by atoms with van der Waals surface area (Å²) in [5.41, 5.74) is 0.719. The van der Waals surface area contributed by atoms with E-state index in [4.69, 9.17) is 4.74 Å². The van der Waals surface area contributed by atoms with Crippen LogP contribution in [0.2, 0.25) is 0 Å². The fourth-order valence-electron chi connectivity index (χ4n) is 1.73. The van der Waals surface area contributed by atoms with Crippen molar-refractivity contribution in [1.82, 2.24) is 10.3 Å². The molecular weight excluding hydrogens is 307 g/mol. The number of rotatable bonds is 7. The maximum Gasteiger partial charge on any atom is 0.226 e. The molecule has 0 aliphatic rings. The van der Waals surface area contributed by atoms with E-state index in [-0.39, 0.29) is 31.3 Å². The van der Waals surface area contributed by atoms with Gasteiger partial charge < -0.3 is 15.2 Å². The van der Waals surface area contributed by atoms with E-state index in [1.807, 2.05) is 12.3 Å². The van der Waals surface area contributed by atoms with Crippen LogP contribution in [0.1, 0.15) is 10.7 Å². The normalized spacial score (nSPS) is 12.0. The molecule has 7 heteroatoms. The van der Waals surface area contributed by atoms with Crippen molar-refractivity contribution in [2.24, 2.45) is 0 Å². The number of amides is 1. The molecule has 0 fully saturated rings. The molecule has 2 rings (SSSR count). The molecule has 0 saturated heterocycles. The fourth-order valence-corrected chi connectivity index (χ4v) is 2.34. The monoisotopic (exact) mass is 324 g/mol. The number of aryl methyl sites for hydroxylation is 1. The van der Waals surface area contributed by atoms with Gasteiger partial charge in [0, 0.05) is 11.9 Å². The Morgan fingerprint density at radius 3 is 2.82 bits per heavy atom. The Labute approximate surface area is 131 Å². The molecule has 0 saturated carbocycles. The molecule has 1 amide bonds. The number of thiazole rings is 1. The lowest BCUT2D eigenvalue weighted by Gasteiger charge is -2.13. The number of hydrogen-bond acceptors (Lipinski definition) is 5. The van der Waals surface area contributed by atoms with Crippen LogP contribution in [0.25, 0.3) is 0 Å². The number of ether oxygens (including phenoxy) is 1. The molecule has 1 aromatic carbocycles. The highest BCUT2D eigenvalue weighted by atomic mass is 32.1. The maximum absolute atomic E-state index is 12.7. The van der Waals surface area contributed by atoms with E-state index in [0.29, 0.717) is 5.75 Å². The molecule has 1 atom stereocenters. The van der Waals surface area contributed by atoms with Crippen LogP contribution >= 0.6 is 11.3 Å². The Morgan fingerprint density at radius 2 is 2.18 bits per heavy atom. The third kappa shape index (κ3) is 5.42. The first-order chi connectivity index (χ1) is 10.5. The van der Waals surface area contributed by atoms with E-state index >= 15 is 0 Å². The largest absolute Gasteiger partial charge is 0.491 e. The van der Waals surface area contributed by atoms with Crippen molar-refractivity contribution in [1.29, 1.82) is 0 Å². The van der Waals surface area contributed by atoms with E-state index in [1.165, 1.54) is 35.6 Å². The molecule has 0 radical (unpaired) electrons.